The number of nitrogens with zero attached hydrogens (tertiary/aromatic N) is 3. The second-order valence-corrected chi connectivity index (χ2v) is 7.41. The van der Waals surface area contributed by atoms with Crippen molar-refractivity contribution < 1.29 is 9.53 Å². The average Bonchev–Trinajstić information content (AvgIpc) is 2.87. The summed E-state index contributed by atoms with van der Waals surface area (Å²) >= 11 is 0. The van der Waals surface area contributed by atoms with Crippen LogP contribution in [0.1, 0.15) is 43.1 Å². The predicted octanol–water partition coefficient (Wildman–Crippen LogP) is 1.91. The number of methoxy groups -OCH3 is 1. The normalized spacial score (nSPS) is 16.4. The van der Waals surface area contributed by atoms with Gasteiger partial charge in [0.15, 0.2) is 0 Å². The Kier molecular flexibility index (Phi) is 7.03. The van der Waals surface area contributed by atoms with Gasteiger partial charge in [0.2, 0.25) is 5.91 Å². The van der Waals surface area contributed by atoms with Gasteiger partial charge in [-0.25, -0.2) is 9.48 Å². The molecule has 2 aromatic rings. The van der Waals surface area contributed by atoms with Gasteiger partial charge in [-0.1, -0.05) is 31.2 Å². The average molecular weight is 386 g/mol. The van der Waals surface area contributed by atoms with Crippen LogP contribution in [0.5, 0.6) is 0 Å². The molecule has 0 saturated carbocycles. The van der Waals surface area contributed by atoms with Crippen LogP contribution in [0.25, 0.3) is 0 Å². The number of hydrogen-bond acceptors (Lipinski definition) is 4. The highest BCUT2D eigenvalue weighted by Crippen LogP contribution is 2.21. The van der Waals surface area contributed by atoms with E-state index in [1.807, 2.05) is 0 Å². The van der Waals surface area contributed by atoms with Gasteiger partial charge in [-0.3, -0.25) is 9.36 Å². The van der Waals surface area contributed by atoms with E-state index in [0.717, 1.165) is 37.1 Å². The third-order valence-electron chi connectivity index (χ3n) is 5.44. The van der Waals surface area contributed by atoms with Gasteiger partial charge in [0, 0.05) is 33.0 Å². The first-order valence-electron chi connectivity index (χ1n) is 10.1. The van der Waals surface area contributed by atoms with E-state index in [1.165, 1.54) is 10.2 Å². The summed E-state index contributed by atoms with van der Waals surface area (Å²) in [5, 5.41) is 7.46. The molecule has 1 atom stereocenters. The van der Waals surface area contributed by atoms with Crippen molar-refractivity contribution in [3.8, 4) is 0 Å². The Morgan fingerprint density at radius 1 is 1.25 bits per heavy atom. The van der Waals surface area contributed by atoms with Gasteiger partial charge in [0.1, 0.15) is 5.82 Å². The van der Waals surface area contributed by atoms with Crippen molar-refractivity contribution in [3.63, 3.8) is 0 Å². The maximum absolute atomic E-state index is 12.4. The van der Waals surface area contributed by atoms with Gasteiger partial charge in [-0.2, -0.15) is 5.10 Å². The number of fused-ring (bicyclic) bond motifs is 1. The smallest absolute Gasteiger partial charge is 0.345 e. The van der Waals surface area contributed by atoms with Crippen LogP contribution in [0.15, 0.2) is 29.1 Å². The van der Waals surface area contributed by atoms with Crippen molar-refractivity contribution in [2.45, 2.75) is 58.7 Å². The lowest BCUT2D eigenvalue weighted by Gasteiger charge is -2.13. The SMILES string of the molecule is CCc1ccc(CNC(=O)CC2CCc3nn(CCOC)c(=O)n3CC2)cc1. The first-order chi connectivity index (χ1) is 13.6. The summed E-state index contributed by atoms with van der Waals surface area (Å²) in [4.78, 5) is 24.8. The summed E-state index contributed by atoms with van der Waals surface area (Å²) in [6.45, 7) is 4.25. The lowest BCUT2D eigenvalue weighted by atomic mass is 9.96. The Morgan fingerprint density at radius 3 is 2.71 bits per heavy atom. The zero-order valence-corrected chi connectivity index (χ0v) is 16.8. The molecule has 0 fully saturated rings. The third kappa shape index (κ3) is 5.10. The maximum Gasteiger partial charge on any atom is 0.345 e. The van der Waals surface area contributed by atoms with Crippen LogP contribution in [0.3, 0.4) is 0 Å². The fraction of sp³-hybridized carbons (Fsp3) is 0.571. The molecular weight excluding hydrogens is 356 g/mol. The Labute approximate surface area is 165 Å². The highest BCUT2D eigenvalue weighted by Gasteiger charge is 2.22. The number of ether oxygens (including phenoxy) is 1. The van der Waals surface area contributed by atoms with Crippen LogP contribution in [0.4, 0.5) is 0 Å². The molecule has 28 heavy (non-hydrogen) atoms. The second-order valence-electron chi connectivity index (χ2n) is 7.41. The molecule has 0 bridgehead atoms. The Hall–Kier alpha value is -2.41. The van der Waals surface area contributed by atoms with E-state index in [0.29, 0.717) is 32.7 Å². The van der Waals surface area contributed by atoms with Crippen molar-refractivity contribution in [1.29, 1.82) is 0 Å². The number of carbonyl (C=O) groups is 1. The van der Waals surface area contributed by atoms with E-state index in [4.69, 9.17) is 4.74 Å². The largest absolute Gasteiger partial charge is 0.383 e. The van der Waals surface area contributed by atoms with Crippen molar-refractivity contribution in [2.24, 2.45) is 5.92 Å². The summed E-state index contributed by atoms with van der Waals surface area (Å²) in [5.74, 6) is 1.16. The number of rotatable bonds is 8. The zero-order chi connectivity index (χ0) is 19.9. The summed E-state index contributed by atoms with van der Waals surface area (Å²) in [5.41, 5.74) is 2.34. The van der Waals surface area contributed by atoms with Gasteiger partial charge in [0.05, 0.1) is 13.2 Å². The van der Waals surface area contributed by atoms with Crippen molar-refractivity contribution in [2.75, 3.05) is 13.7 Å². The van der Waals surface area contributed by atoms with Crippen LogP contribution >= 0.6 is 0 Å². The van der Waals surface area contributed by atoms with Crippen molar-refractivity contribution in [3.05, 3.63) is 51.7 Å². The lowest BCUT2D eigenvalue weighted by Crippen LogP contribution is -2.28. The molecule has 1 aromatic heterocycles. The monoisotopic (exact) mass is 386 g/mol. The standard InChI is InChI=1S/C21H30N4O3/c1-3-16-4-6-18(7-5-16)15-22-20(26)14-17-8-9-19-23-25(12-13-28-2)21(27)24(19)11-10-17/h4-7,17H,3,8-15H2,1-2H3,(H,22,26). The summed E-state index contributed by atoms with van der Waals surface area (Å²) in [6, 6.07) is 8.35. The number of aromatic nitrogens is 3. The van der Waals surface area contributed by atoms with Gasteiger partial charge < -0.3 is 10.1 Å². The van der Waals surface area contributed by atoms with E-state index in [2.05, 4.69) is 41.6 Å². The minimum atomic E-state index is -0.0762. The molecule has 2 heterocycles. The highest BCUT2D eigenvalue weighted by atomic mass is 16.5. The van der Waals surface area contributed by atoms with Gasteiger partial charge in [-0.15, -0.1) is 0 Å². The van der Waals surface area contributed by atoms with Gasteiger partial charge >= 0.3 is 5.69 Å². The first kappa shape index (κ1) is 20.3. The van der Waals surface area contributed by atoms with E-state index < -0.39 is 0 Å². The van der Waals surface area contributed by atoms with Crippen molar-refractivity contribution >= 4 is 5.91 Å². The molecule has 7 heteroatoms. The quantitative estimate of drug-likeness (QED) is 0.752. The molecular formula is C21H30N4O3. The van der Waals surface area contributed by atoms with E-state index in [-0.39, 0.29) is 17.5 Å². The van der Waals surface area contributed by atoms with Gasteiger partial charge in [-0.05, 0) is 36.3 Å². The molecule has 1 unspecified atom stereocenters. The number of carbonyl (C=O) groups excluding carboxylic acids is 1. The van der Waals surface area contributed by atoms with Gasteiger partial charge in [0.25, 0.3) is 0 Å². The fourth-order valence-electron chi connectivity index (χ4n) is 3.64. The molecule has 0 radical (unpaired) electrons. The molecule has 1 aliphatic rings. The Bertz CT molecular complexity index is 838. The minimum absolute atomic E-state index is 0.0709. The molecule has 1 N–H and O–H groups in total. The first-order valence-corrected chi connectivity index (χ1v) is 10.1. The maximum atomic E-state index is 12.4. The fourth-order valence-corrected chi connectivity index (χ4v) is 3.64. The molecule has 0 saturated heterocycles. The van der Waals surface area contributed by atoms with E-state index in [1.54, 1.807) is 11.7 Å². The molecule has 3 rings (SSSR count). The molecule has 0 spiro atoms. The topological polar surface area (TPSA) is 78.2 Å². The summed E-state index contributed by atoms with van der Waals surface area (Å²) in [7, 11) is 1.61. The molecule has 152 valence electrons. The second kappa shape index (κ2) is 9.68. The summed E-state index contributed by atoms with van der Waals surface area (Å²) in [6.07, 6.45) is 3.94. The molecule has 1 amide bonds. The lowest BCUT2D eigenvalue weighted by molar-refractivity contribution is -0.122. The number of aryl methyl sites for hydroxylation is 2. The Morgan fingerprint density at radius 2 is 2.00 bits per heavy atom. The predicted molar refractivity (Wildman–Crippen MR) is 107 cm³/mol. The van der Waals surface area contributed by atoms with Crippen LogP contribution in [0.2, 0.25) is 0 Å². The van der Waals surface area contributed by atoms with Crippen LogP contribution < -0.4 is 11.0 Å². The minimum Gasteiger partial charge on any atom is -0.383 e. The molecule has 1 aromatic carbocycles. The number of benzene rings is 1. The van der Waals surface area contributed by atoms with Crippen LogP contribution in [-0.2, 0) is 42.0 Å². The zero-order valence-electron chi connectivity index (χ0n) is 16.8. The Balaban J connectivity index is 1.49. The highest BCUT2D eigenvalue weighted by molar-refractivity contribution is 5.76. The number of hydrogen-bond donors (Lipinski definition) is 1. The van der Waals surface area contributed by atoms with Crippen LogP contribution in [-0.4, -0.2) is 34.0 Å². The summed E-state index contributed by atoms with van der Waals surface area (Å²) < 4.78 is 8.27. The number of amides is 1. The molecule has 1 aliphatic heterocycles. The molecule has 7 nitrogen and oxygen atoms in total. The molecule has 0 aliphatic carbocycles. The van der Waals surface area contributed by atoms with E-state index >= 15 is 0 Å². The van der Waals surface area contributed by atoms with Crippen molar-refractivity contribution in [1.82, 2.24) is 19.7 Å². The number of nitrogens with one attached hydrogen (secondary N) is 1. The van der Waals surface area contributed by atoms with Crippen LogP contribution in [0, 0.1) is 5.92 Å². The van der Waals surface area contributed by atoms with E-state index in [9.17, 15) is 9.59 Å². The third-order valence-corrected chi connectivity index (χ3v) is 5.44.